The zero-order valence-electron chi connectivity index (χ0n) is 15.2. The molecule has 0 atom stereocenters. The molecule has 2 aromatic rings. The average molecular weight is 429 g/mol. The van der Waals surface area contributed by atoms with Crippen molar-refractivity contribution in [2.75, 3.05) is 18.4 Å². The fourth-order valence-electron chi connectivity index (χ4n) is 2.62. The van der Waals surface area contributed by atoms with Crippen LogP contribution in [-0.2, 0) is 21.2 Å². The van der Waals surface area contributed by atoms with Gasteiger partial charge in [-0.3, -0.25) is 4.79 Å². The fraction of sp³-hybridized carbons (Fsp3) is 0.316. The highest BCUT2D eigenvalue weighted by atomic mass is 35.5. The van der Waals surface area contributed by atoms with Crippen LogP contribution in [0.3, 0.4) is 0 Å². The summed E-state index contributed by atoms with van der Waals surface area (Å²) in [4.78, 5) is 12.3. The van der Waals surface area contributed by atoms with E-state index in [2.05, 4.69) is 5.32 Å². The van der Waals surface area contributed by atoms with Gasteiger partial charge in [-0.25, -0.2) is 8.42 Å². The molecule has 146 valence electrons. The van der Waals surface area contributed by atoms with Crippen molar-refractivity contribution in [2.24, 2.45) is 0 Å². The third-order valence-electron chi connectivity index (χ3n) is 4.12. The van der Waals surface area contributed by atoms with Gasteiger partial charge >= 0.3 is 0 Å². The monoisotopic (exact) mass is 428 g/mol. The summed E-state index contributed by atoms with van der Waals surface area (Å²) in [6, 6.07) is 11.3. The van der Waals surface area contributed by atoms with Crippen molar-refractivity contribution in [1.29, 1.82) is 0 Å². The lowest BCUT2D eigenvalue weighted by atomic mass is 10.1. The summed E-state index contributed by atoms with van der Waals surface area (Å²) in [5.74, 6) is -0.180. The van der Waals surface area contributed by atoms with Crippen LogP contribution < -0.4 is 5.32 Å². The van der Waals surface area contributed by atoms with Gasteiger partial charge < -0.3 is 5.32 Å². The summed E-state index contributed by atoms with van der Waals surface area (Å²) in [6.45, 7) is 4.40. The van der Waals surface area contributed by atoms with Gasteiger partial charge in [0.25, 0.3) is 0 Å². The maximum Gasteiger partial charge on any atom is 0.243 e. The Balaban J connectivity index is 1.98. The molecule has 5 nitrogen and oxygen atoms in total. The molecule has 0 aliphatic carbocycles. The smallest absolute Gasteiger partial charge is 0.243 e. The molecule has 8 heteroatoms. The first-order chi connectivity index (χ1) is 12.8. The van der Waals surface area contributed by atoms with Gasteiger partial charge in [0.05, 0.1) is 4.90 Å². The van der Waals surface area contributed by atoms with Gasteiger partial charge in [0.2, 0.25) is 15.9 Å². The topological polar surface area (TPSA) is 66.5 Å². The molecule has 2 rings (SSSR count). The Hall–Kier alpha value is -1.60. The number of nitrogens with one attached hydrogen (secondary N) is 1. The number of anilines is 1. The summed E-state index contributed by atoms with van der Waals surface area (Å²) in [6.07, 6.45) is 0.733. The number of sulfonamides is 1. The number of hydrogen-bond acceptors (Lipinski definition) is 3. The molecule has 0 radical (unpaired) electrons. The van der Waals surface area contributed by atoms with Crippen molar-refractivity contribution in [3.05, 3.63) is 58.1 Å². The van der Waals surface area contributed by atoms with Crippen LogP contribution >= 0.6 is 23.2 Å². The van der Waals surface area contributed by atoms with E-state index in [4.69, 9.17) is 23.2 Å². The Labute approximate surface area is 170 Å². The minimum atomic E-state index is -3.51. The fourth-order valence-corrected chi connectivity index (χ4v) is 4.58. The number of carbonyl (C=O) groups excluding carboxylic acids is 1. The Bertz CT molecular complexity index is 896. The Morgan fingerprint density at radius 1 is 1.04 bits per heavy atom. The van der Waals surface area contributed by atoms with Crippen molar-refractivity contribution in [3.8, 4) is 0 Å². The third kappa shape index (κ3) is 5.69. The second-order valence-electron chi connectivity index (χ2n) is 5.90. The van der Waals surface area contributed by atoms with Crippen LogP contribution in [-0.4, -0.2) is 31.7 Å². The van der Waals surface area contributed by atoms with Crippen molar-refractivity contribution in [1.82, 2.24) is 4.31 Å². The summed E-state index contributed by atoms with van der Waals surface area (Å²) < 4.78 is 26.3. The first kappa shape index (κ1) is 21.7. The standard InChI is InChI=1S/C19H22Cl2N2O3S/c1-3-23(4-2)27(25,26)17-10-8-16(9-11-17)22-19(24)12-6-14-5-7-15(20)13-18(14)21/h5,7-11,13H,3-4,6,12H2,1-2H3,(H,22,24). The largest absolute Gasteiger partial charge is 0.326 e. The number of hydrogen-bond donors (Lipinski definition) is 1. The van der Waals surface area contributed by atoms with Crippen molar-refractivity contribution >= 4 is 44.8 Å². The minimum absolute atomic E-state index is 0.180. The highest BCUT2D eigenvalue weighted by Crippen LogP contribution is 2.22. The van der Waals surface area contributed by atoms with Gasteiger partial charge in [0.15, 0.2) is 0 Å². The minimum Gasteiger partial charge on any atom is -0.326 e. The molecule has 0 aromatic heterocycles. The molecular weight excluding hydrogens is 407 g/mol. The molecule has 1 amide bonds. The van der Waals surface area contributed by atoms with Crippen molar-refractivity contribution in [2.45, 2.75) is 31.6 Å². The number of nitrogens with zero attached hydrogens (tertiary/aromatic N) is 1. The second-order valence-corrected chi connectivity index (χ2v) is 8.68. The van der Waals surface area contributed by atoms with Gasteiger partial charge in [-0.05, 0) is 48.4 Å². The van der Waals surface area contributed by atoms with E-state index >= 15 is 0 Å². The molecule has 27 heavy (non-hydrogen) atoms. The number of carbonyl (C=O) groups is 1. The first-order valence-electron chi connectivity index (χ1n) is 8.62. The second kappa shape index (κ2) is 9.55. The Kier molecular flexibility index (Phi) is 7.68. The van der Waals surface area contributed by atoms with Crippen LogP contribution in [0, 0.1) is 0 Å². The molecule has 0 aliphatic heterocycles. The maximum absolute atomic E-state index is 12.5. The highest BCUT2D eigenvalue weighted by Gasteiger charge is 2.21. The maximum atomic E-state index is 12.5. The van der Waals surface area contributed by atoms with Crippen molar-refractivity contribution in [3.63, 3.8) is 0 Å². The number of aryl methyl sites for hydroxylation is 1. The summed E-state index contributed by atoms with van der Waals surface area (Å²) in [7, 11) is -3.51. The quantitative estimate of drug-likeness (QED) is 0.667. The number of amides is 1. The van der Waals surface area contributed by atoms with E-state index in [1.54, 1.807) is 44.2 Å². The molecule has 0 fully saturated rings. The molecule has 0 unspecified atom stereocenters. The molecule has 0 aliphatic rings. The molecule has 0 heterocycles. The SMILES string of the molecule is CCN(CC)S(=O)(=O)c1ccc(NC(=O)CCc2ccc(Cl)cc2Cl)cc1. The predicted octanol–water partition coefficient (Wildman–Crippen LogP) is 4.60. The Morgan fingerprint density at radius 2 is 1.67 bits per heavy atom. The van der Waals surface area contributed by atoms with Crippen LogP contribution in [0.5, 0.6) is 0 Å². The number of rotatable bonds is 8. The summed E-state index contributed by atoms with van der Waals surface area (Å²) in [5, 5.41) is 3.84. The number of halogens is 2. The van der Waals surface area contributed by atoms with Crippen LogP contribution in [0.1, 0.15) is 25.8 Å². The van der Waals surface area contributed by atoms with E-state index in [1.165, 1.54) is 16.4 Å². The van der Waals surface area contributed by atoms with E-state index in [9.17, 15) is 13.2 Å². The van der Waals surface area contributed by atoms with E-state index < -0.39 is 10.0 Å². The van der Waals surface area contributed by atoms with E-state index in [0.717, 1.165) is 5.56 Å². The molecular formula is C19H22Cl2N2O3S. The molecule has 0 spiro atoms. The first-order valence-corrected chi connectivity index (χ1v) is 10.8. The van der Waals surface area contributed by atoms with Gasteiger partial charge in [0, 0.05) is 35.2 Å². The number of benzene rings is 2. The lowest BCUT2D eigenvalue weighted by Gasteiger charge is -2.18. The molecule has 1 N–H and O–H groups in total. The summed E-state index contributed by atoms with van der Waals surface area (Å²) in [5.41, 5.74) is 1.39. The average Bonchev–Trinajstić information content (AvgIpc) is 2.62. The summed E-state index contributed by atoms with van der Waals surface area (Å²) >= 11 is 12.0. The lowest BCUT2D eigenvalue weighted by Crippen LogP contribution is -2.30. The third-order valence-corrected chi connectivity index (χ3v) is 6.77. The normalized spacial score (nSPS) is 11.6. The molecule has 2 aromatic carbocycles. The zero-order chi connectivity index (χ0) is 20.0. The van der Waals surface area contributed by atoms with Gasteiger partial charge in [-0.1, -0.05) is 43.1 Å². The molecule has 0 saturated heterocycles. The van der Waals surface area contributed by atoms with Crippen LogP contribution in [0.25, 0.3) is 0 Å². The highest BCUT2D eigenvalue weighted by molar-refractivity contribution is 7.89. The lowest BCUT2D eigenvalue weighted by molar-refractivity contribution is -0.116. The van der Waals surface area contributed by atoms with Gasteiger partial charge in [-0.15, -0.1) is 0 Å². The zero-order valence-corrected chi connectivity index (χ0v) is 17.5. The van der Waals surface area contributed by atoms with Gasteiger partial charge in [0.1, 0.15) is 0 Å². The van der Waals surface area contributed by atoms with Crippen molar-refractivity contribution < 1.29 is 13.2 Å². The van der Waals surface area contributed by atoms with E-state index in [1.807, 2.05) is 0 Å². The van der Waals surface area contributed by atoms with Crippen LogP contribution in [0.15, 0.2) is 47.4 Å². The molecule has 0 bridgehead atoms. The predicted molar refractivity (Wildman–Crippen MR) is 110 cm³/mol. The van der Waals surface area contributed by atoms with Crippen LogP contribution in [0.4, 0.5) is 5.69 Å². The van der Waals surface area contributed by atoms with E-state index in [0.29, 0.717) is 35.2 Å². The Morgan fingerprint density at radius 3 is 2.22 bits per heavy atom. The van der Waals surface area contributed by atoms with E-state index in [-0.39, 0.29) is 17.2 Å². The van der Waals surface area contributed by atoms with Gasteiger partial charge in [-0.2, -0.15) is 4.31 Å². The molecule has 0 saturated carbocycles. The van der Waals surface area contributed by atoms with Crippen LogP contribution in [0.2, 0.25) is 10.0 Å².